The highest BCUT2D eigenvalue weighted by Crippen LogP contribution is 2.17. The number of hydrazine groups is 1. The fraction of sp³-hybridized carbons (Fsp3) is 0.909. The molecule has 2 saturated heterocycles. The van der Waals surface area contributed by atoms with Crippen LogP contribution in [0.15, 0.2) is 0 Å². The Morgan fingerprint density at radius 1 is 1.19 bits per heavy atom. The van der Waals surface area contributed by atoms with Gasteiger partial charge in [-0.1, -0.05) is 0 Å². The second-order valence-electron chi connectivity index (χ2n) is 4.96. The normalized spacial score (nSPS) is 29.4. The van der Waals surface area contributed by atoms with E-state index in [9.17, 15) is 4.79 Å². The topological polar surface area (TPSA) is 52.8 Å². The van der Waals surface area contributed by atoms with Gasteiger partial charge in [0, 0.05) is 39.3 Å². The zero-order valence-corrected chi connectivity index (χ0v) is 10.1. The van der Waals surface area contributed by atoms with Crippen molar-refractivity contribution in [2.45, 2.75) is 12.8 Å². The Hall–Kier alpha value is -0.650. The molecule has 16 heavy (non-hydrogen) atoms. The second kappa shape index (κ2) is 5.12. The lowest BCUT2D eigenvalue weighted by atomic mass is 9.97. The van der Waals surface area contributed by atoms with Gasteiger partial charge in [-0.3, -0.25) is 10.6 Å². The number of nitrogens with zero attached hydrogens (tertiary/aromatic N) is 3. The zero-order chi connectivity index (χ0) is 11.5. The van der Waals surface area contributed by atoms with Crippen molar-refractivity contribution in [1.29, 1.82) is 0 Å². The molecule has 0 aromatic carbocycles. The summed E-state index contributed by atoms with van der Waals surface area (Å²) in [5.74, 6) is 6.20. The van der Waals surface area contributed by atoms with E-state index < -0.39 is 0 Å². The monoisotopic (exact) mass is 226 g/mol. The highest BCUT2D eigenvalue weighted by Gasteiger charge is 2.29. The molecule has 1 atom stereocenters. The number of piperidine rings is 1. The fourth-order valence-electron chi connectivity index (χ4n) is 2.49. The van der Waals surface area contributed by atoms with Crippen LogP contribution in [0.3, 0.4) is 0 Å². The standard InChI is InChI=1S/C11H22N4O/c1-13-5-7-14(8-6-13)11(16)10-3-2-4-15(12)9-10/h10H,2-9,12H2,1H3/t10-/m1/s1. The van der Waals surface area contributed by atoms with Crippen molar-refractivity contribution in [3.05, 3.63) is 0 Å². The Balaban J connectivity index is 1.86. The quantitative estimate of drug-likeness (QED) is 0.604. The number of carbonyl (C=O) groups is 1. The first-order chi connectivity index (χ1) is 7.66. The number of amides is 1. The molecule has 0 bridgehead atoms. The average Bonchev–Trinajstić information content (AvgIpc) is 2.29. The predicted molar refractivity (Wildman–Crippen MR) is 62.6 cm³/mol. The van der Waals surface area contributed by atoms with Gasteiger partial charge in [-0.15, -0.1) is 0 Å². The molecule has 0 saturated carbocycles. The Morgan fingerprint density at radius 3 is 2.50 bits per heavy atom. The van der Waals surface area contributed by atoms with Crippen molar-refractivity contribution >= 4 is 5.91 Å². The molecule has 5 heteroatoms. The third-order valence-electron chi connectivity index (χ3n) is 3.62. The molecule has 2 aliphatic rings. The van der Waals surface area contributed by atoms with Crippen molar-refractivity contribution in [1.82, 2.24) is 14.8 Å². The van der Waals surface area contributed by atoms with E-state index in [-0.39, 0.29) is 5.92 Å². The Bertz CT molecular complexity index is 250. The molecule has 0 aromatic heterocycles. The molecule has 0 aromatic rings. The van der Waals surface area contributed by atoms with Crippen LogP contribution >= 0.6 is 0 Å². The fourth-order valence-corrected chi connectivity index (χ4v) is 2.49. The lowest BCUT2D eigenvalue weighted by Crippen LogP contribution is -2.52. The highest BCUT2D eigenvalue weighted by atomic mass is 16.2. The molecular formula is C11H22N4O. The summed E-state index contributed by atoms with van der Waals surface area (Å²) in [7, 11) is 2.10. The van der Waals surface area contributed by atoms with Crippen LogP contribution in [0.1, 0.15) is 12.8 Å². The number of hydrogen-bond donors (Lipinski definition) is 1. The molecule has 5 nitrogen and oxygen atoms in total. The van der Waals surface area contributed by atoms with Crippen molar-refractivity contribution < 1.29 is 4.79 Å². The summed E-state index contributed by atoms with van der Waals surface area (Å²) in [6.45, 7) is 5.38. The number of piperazine rings is 1. The van der Waals surface area contributed by atoms with Gasteiger partial charge >= 0.3 is 0 Å². The van der Waals surface area contributed by atoms with Crippen molar-refractivity contribution in [2.75, 3.05) is 46.3 Å². The number of hydrogen-bond acceptors (Lipinski definition) is 4. The second-order valence-corrected chi connectivity index (χ2v) is 4.96. The van der Waals surface area contributed by atoms with Crippen LogP contribution in [0.25, 0.3) is 0 Å². The third-order valence-corrected chi connectivity index (χ3v) is 3.62. The average molecular weight is 226 g/mol. The molecule has 2 aliphatic heterocycles. The molecule has 2 heterocycles. The summed E-state index contributed by atoms with van der Waals surface area (Å²) in [5, 5.41) is 1.78. The molecular weight excluding hydrogens is 204 g/mol. The van der Waals surface area contributed by atoms with Gasteiger partial charge in [0.25, 0.3) is 0 Å². The van der Waals surface area contributed by atoms with Crippen LogP contribution in [0.5, 0.6) is 0 Å². The van der Waals surface area contributed by atoms with E-state index >= 15 is 0 Å². The van der Waals surface area contributed by atoms with Gasteiger partial charge in [0.2, 0.25) is 5.91 Å². The number of nitrogens with two attached hydrogens (primary N) is 1. The molecule has 0 unspecified atom stereocenters. The van der Waals surface area contributed by atoms with E-state index in [1.165, 1.54) is 0 Å². The van der Waals surface area contributed by atoms with Crippen LogP contribution in [0, 0.1) is 5.92 Å². The highest BCUT2D eigenvalue weighted by molar-refractivity contribution is 5.79. The van der Waals surface area contributed by atoms with E-state index in [1.807, 2.05) is 4.90 Å². The van der Waals surface area contributed by atoms with Crippen LogP contribution in [-0.4, -0.2) is 67.0 Å². The summed E-state index contributed by atoms with van der Waals surface area (Å²) in [6.07, 6.45) is 2.04. The lowest BCUT2D eigenvalue weighted by molar-refractivity contribution is -0.139. The van der Waals surface area contributed by atoms with Gasteiger partial charge in [0.15, 0.2) is 0 Å². The minimum atomic E-state index is 0.127. The smallest absolute Gasteiger partial charge is 0.227 e. The summed E-state index contributed by atoms with van der Waals surface area (Å²) >= 11 is 0. The van der Waals surface area contributed by atoms with Crippen LogP contribution in [0.4, 0.5) is 0 Å². The molecule has 0 spiro atoms. The van der Waals surface area contributed by atoms with Crippen molar-refractivity contribution in [3.8, 4) is 0 Å². The largest absolute Gasteiger partial charge is 0.340 e. The number of carbonyl (C=O) groups excluding carboxylic acids is 1. The van der Waals surface area contributed by atoms with Gasteiger partial charge in [0.1, 0.15) is 0 Å². The van der Waals surface area contributed by atoms with E-state index in [1.54, 1.807) is 5.01 Å². The Kier molecular flexibility index (Phi) is 3.78. The van der Waals surface area contributed by atoms with E-state index in [0.717, 1.165) is 52.1 Å². The predicted octanol–water partition coefficient (Wildman–Crippen LogP) is -0.654. The first-order valence-electron chi connectivity index (χ1n) is 6.14. The molecule has 2 N–H and O–H groups in total. The van der Waals surface area contributed by atoms with E-state index in [4.69, 9.17) is 5.84 Å². The molecule has 1 amide bonds. The number of likely N-dealkylation sites (N-methyl/N-ethyl adjacent to an activating group) is 1. The van der Waals surface area contributed by atoms with Crippen LogP contribution in [-0.2, 0) is 4.79 Å². The molecule has 92 valence electrons. The minimum Gasteiger partial charge on any atom is -0.340 e. The maximum Gasteiger partial charge on any atom is 0.227 e. The lowest BCUT2D eigenvalue weighted by Gasteiger charge is -2.37. The van der Waals surface area contributed by atoms with Gasteiger partial charge in [-0.05, 0) is 19.9 Å². The third kappa shape index (κ3) is 2.72. The minimum absolute atomic E-state index is 0.127. The van der Waals surface area contributed by atoms with E-state index in [2.05, 4.69) is 11.9 Å². The van der Waals surface area contributed by atoms with Gasteiger partial charge in [-0.2, -0.15) is 0 Å². The SMILES string of the molecule is CN1CCN(C(=O)[C@@H]2CCCN(N)C2)CC1. The van der Waals surface area contributed by atoms with Gasteiger partial charge in [-0.25, -0.2) is 5.01 Å². The molecule has 0 radical (unpaired) electrons. The maximum atomic E-state index is 12.2. The van der Waals surface area contributed by atoms with Gasteiger partial charge in [0.05, 0.1) is 5.92 Å². The van der Waals surface area contributed by atoms with Crippen molar-refractivity contribution in [3.63, 3.8) is 0 Å². The van der Waals surface area contributed by atoms with E-state index in [0.29, 0.717) is 5.91 Å². The zero-order valence-electron chi connectivity index (χ0n) is 10.1. The summed E-state index contributed by atoms with van der Waals surface area (Å²) < 4.78 is 0. The summed E-state index contributed by atoms with van der Waals surface area (Å²) in [4.78, 5) is 16.5. The summed E-state index contributed by atoms with van der Waals surface area (Å²) in [5.41, 5.74) is 0. The number of rotatable bonds is 1. The Labute approximate surface area is 97.1 Å². The van der Waals surface area contributed by atoms with Crippen molar-refractivity contribution in [2.24, 2.45) is 11.8 Å². The Morgan fingerprint density at radius 2 is 1.88 bits per heavy atom. The maximum absolute atomic E-state index is 12.2. The first-order valence-corrected chi connectivity index (χ1v) is 6.14. The van der Waals surface area contributed by atoms with Crippen LogP contribution in [0.2, 0.25) is 0 Å². The molecule has 2 fully saturated rings. The van der Waals surface area contributed by atoms with Gasteiger partial charge < -0.3 is 9.80 Å². The molecule has 2 rings (SSSR count). The molecule has 0 aliphatic carbocycles. The first kappa shape index (κ1) is 11.8. The van der Waals surface area contributed by atoms with Crippen LogP contribution < -0.4 is 5.84 Å². The summed E-state index contributed by atoms with van der Waals surface area (Å²) in [6, 6.07) is 0.